The molecule has 0 aliphatic carbocycles. The maximum Gasteiger partial charge on any atom is 0.305 e. The van der Waals surface area contributed by atoms with E-state index in [1.165, 1.54) is 0 Å². The Kier molecular flexibility index (Phi) is 4.74. The number of carbonyl (C=O) groups is 2. The molecule has 1 saturated heterocycles. The highest BCUT2D eigenvalue weighted by atomic mass is 16.4. The van der Waals surface area contributed by atoms with Gasteiger partial charge in [-0.05, 0) is 24.6 Å². The summed E-state index contributed by atoms with van der Waals surface area (Å²) in [4.78, 5) is 23.2. The second kappa shape index (κ2) is 6.52. The molecule has 20 heavy (non-hydrogen) atoms. The summed E-state index contributed by atoms with van der Waals surface area (Å²) in [5.74, 6) is -0.753. The van der Waals surface area contributed by atoms with Gasteiger partial charge in [0.1, 0.15) is 0 Å². The number of rotatable bonds is 6. The smallest absolute Gasteiger partial charge is 0.305 e. The van der Waals surface area contributed by atoms with Crippen LogP contribution in [-0.4, -0.2) is 30.1 Å². The van der Waals surface area contributed by atoms with Crippen LogP contribution in [-0.2, 0) is 9.59 Å². The molecule has 1 amide bonds. The molecule has 0 radical (unpaired) electrons. The highest BCUT2D eigenvalue weighted by Crippen LogP contribution is 2.20. The lowest BCUT2D eigenvalue weighted by molar-refractivity contribution is -0.138. The molecule has 1 aromatic rings. The van der Waals surface area contributed by atoms with Gasteiger partial charge in [-0.15, -0.1) is 0 Å². The molecule has 5 heteroatoms. The van der Waals surface area contributed by atoms with E-state index >= 15 is 0 Å². The monoisotopic (exact) mass is 276 g/mol. The van der Waals surface area contributed by atoms with Gasteiger partial charge in [0, 0.05) is 5.92 Å². The Hall–Kier alpha value is -1.88. The first-order chi connectivity index (χ1) is 9.58. The molecule has 1 aromatic carbocycles. The quantitative estimate of drug-likeness (QED) is 0.729. The first kappa shape index (κ1) is 14.5. The van der Waals surface area contributed by atoms with Crippen LogP contribution in [0, 0.1) is 11.8 Å². The number of benzene rings is 1. The van der Waals surface area contributed by atoms with E-state index in [9.17, 15) is 9.59 Å². The van der Waals surface area contributed by atoms with Gasteiger partial charge in [0.05, 0.1) is 12.5 Å². The highest BCUT2D eigenvalue weighted by Gasteiger charge is 2.30. The fraction of sp³-hybridized carbons (Fsp3) is 0.467. The van der Waals surface area contributed by atoms with Gasteiger partial charge in [0.2, 0.25) is 5.91 Å². The number of carbonyl (C=O) groups excluding carboxylic acids is 1. The summed E-state index contributed by atoms with van der Waals surface area (Å²) in [6.45, 7) is 3.59. The van der Waals surface area contributed by atoms with Crippen LogP contribution in [0.15, 0.2) is 30.3 Å². The van der Waals surface area contributed by atoms with Crippen molar-refractivity contribution in [2.75, 3.05) is 13.1 Å². The fourth-order valence-electron chi connectivity index (χ4n) is 2.29. The molecule has 0 bridgehead atoms. The molecular weight excluding hydrogens is 256 g/mol. The molecule has 1 aliphatic heterocycles. The topological polar surface area (TPSA) is 78.4 Å². The van der Waals surface area contributed by atoms with E-state index < -0.39 is 12.0 Å². The van der Waals surface area contributed by atoms with Crippen molar-refractivity contribution in [1.29, 1.82) is 0 Å². The van der Waals surface area contributed by atoms with Crippen LogP contribution in [0.5, 0.6) is 0 Å². The van der Waals surface area contributed by atoms with Gasteiger partial charge in [-0.2, -0.15) is 0 Å². The minimum atomic E-state index is -0.919. The lowest BCUT2D eigenvalue weighted by atomic mass is 9.88. The Balaban J connectivity index is 2.03. The number of nitrogens with one attached hydrogen (secondary N) is 2. The van der Waals surface area contributed by atoms with E-state index in [-0.39, 0.29) is 18.2 Å². The molecule has 1 heterocycles. The molecule has 2 unspecified atom stereocenters. The van der Waals surface area contributed by atoms with Gasteiger partial charge in [-0.3, -0.25) is 9.59 Å². The normalized spacial score (nSPS) is 17.9. The molecule has 1 fully saturated rings. The Bertz CT molecular complexity index is 471. The summed E-state index contributed by atoms with van der Waals surface area (Å²) in [7, 11) is 0. The molecule has 2 atom stereocenters. The standard InChI is InChI=1S/C15H20N2O3/c1-10(12-8-16-9-12)15(20)17-13(7-14(18)19)11-5-3-2-4-6-11/h2-6,10,12-13,16H,7-9H2,1H3,(H,17,20)(H,18,19). The van der Waals surface area contributed by atoms with Crippen molar-refractivity contribution in [1.82, 2.24) is 10.6 Å². The van der Waals surface area contributed by atoms with Crippen molar-refractivity contribution in [3.63, 3.8) is 0 Å². The molecule has 5 nitrogen and oxygen atoms in total. The molecule has 3 N–H and O–H groups in total. The predicted octanol–water partition coefficient (Wildman–Crippen LogP) is 1.17. The van der Waals surface area contributed by atoms with Crippen molar-refractivity contribution < 1.29 is 14.7 Å². The maximum atomic E-state index is 12.2. The molecule has 2 rings (SSSR count). The minimum Gasteiger partial charge on any atom is -0.481 e. The van der Waals surface area contributed by atoms with Crippen LogP contribution < -0.4 is 10.6 Å². The summed E-state index contributed by atoms with van der Waals surface area (Å²) in [5, 5.41) is 15.0. The van der Waals surface area contributed by atoms with Crippen LogP contribution >= 0.6 is 0 Å². The first-order valence-electron chi connectivity index (χ1n) is 6.85. The fourth-order valence-corrected chi connectivity index (χ4v) is 2.29. The van der Waals surface area contributed by atoms with Crippen molar-refractivity contribution >= 4 is 11.9 Å². The number of amides is 1. The van der Waals surface area contributed by atoms with Crippen molar-refractivity contribution in [3.8, 4) is 0 Å². The average Bonchev–Trinajstić information content (AvgIpc) is 2.36. The Morgan fingerprint density at radius 1 is 1.35 bits per heavy atom. The molecular formula is C15H20N2O3. The largest absolute Gasteiger partial charge is 0.481 e. The van der Waals surface area contributed by atoms with Gasteiger partial charge in [0.25, 0.3) is 0 Å². The second-order valence-electron chi connectivity index (χ2n) is 5.28. The molecule has 1 aliphatic rings. The third kappa shape index (κ3) is 3.57. The van der Waals surface area contributed by atoms with Gasteiger partial charge in [-0.25, -0.2) is 0 Å². The zero-order valence-electron chi connectivity index (χ0n) is 11.5. The summed E-state index contributed by atoms with van der Waals surface area (Å²) in [6, 6.07) is 8.75. The van der Waals surface area contributed by atoms with E-state index in [0.29, 0.717) is 5.92 Å². The van der Waals surface area contributed by atoms with Crippen molar-refractivity contribution in [2.24, 2.45) is 11.8 Å². The lowest BCUT2D eigenvalue weighted by Gasteiger charge is -2.32. The van der Waals surface area contributed by atoms with Crippen LogP contribution in [0.25, 0.3) is 0 Å². The Morgan fingerprint density at radius 2 is 2.00 bits per heavy atom. The van der Waals surface area contributed by atoms with E-state index in [1.54, 1.807) is 0 Å². The zero-order valence-corrected chi connectivity index (χ0v) is 11.5. The number of carboxylic acid groups (broad SMARTS) is 1. The summed E-state index contributed by atoms with van der Waals surface area (Å²) in [5.41, 5.74) is 0.821. The summed E-state index contributed by atoms with van der Waals surface area (Å²) in [6.07, 6.45) is -0.106. The van der Waals surface area contributed by atoms with Crippen LogP contribution in [0.1, 0.15) is 24.9 Å². The third-order valence-corrected chi connectivity index (χ3v) is 3.83. The first-order valence-corrected chi connectivity index (χ1v) is 6.85. The van der Waals surface area contributed by atoms with Crippen molar-refractivity contribution in [3.05, 3.63) is 35.9 Å². The predicted molar refractivity (Wildman–Crippen MR) is 75.1 cm³/mol. The minimum absolute atomic E-state index is 0.0772. The van der Waals surface area contributed by atoms with E-state index in [2.05, 4.69) is 10.6 Å². The van der Waals surface area contributed by atoms with Crippen molar-refractivity contribution in [2.45, 2.75) is 19.4 Å². The average molecular weight is 276 g/mol. The summed E-state index contributed by atoms with van der Waals surface area (Å²) < 4.78 is 0. The number of hydrogen-bond acceptors (Lipinski definition) is 3. The Morgan fingerprint density at radius 3 is 2.50 bits per heavy atom. The number of carboxylic acids is 1. The third-order valence-electron chi connectivity index (χ3n) is 3.83. The number of aliphatic carboxylic acids is 1. The van der Waals surface area contributed by atoms with Gasteiger partial charge in [-0.1, -0.05) is 37.3 Å². The Labute approximate surface area is 118 Å². The number of hydrogen-bond donors (Lipinski definition) is 3. The molecule has 0 spiro atoms. The second-order valence-corrected chi connectivity index (χ2v) is 5.28. The summed E-state index contributed by atoms with van der Waals surface area (Å²) >= 11 is 0. The van der Waals surface area contributed by atoms with Crippen LogP contribution in [0.3, 0.4) is 0 Å². The van der Waals surface area contributed by atoms with Gasteiger partial charge in [0.15, 0.2) is 0 Å². The molecule has 0 saturated carbocycles. The SMILES string of the molecule is CC(C(=O)NC(CC(=O)O)c1ccccc1)C1CNC1. The zero-order chi connectivity index (χ0) is 14.5. The van der Waals surface area contributed by atoms with Crippen LogP contribution in [0.4, 0.5) is 0 Å². The van der Waals surface area contributed by atoms with E-state index in [1.807, 2.05) is 37.3 Å². The van der Waals surface area contributed by atoms with E-state index in [0.717, 1.165) is 18.7 Å². The molecule has 0 aromatic heterocycles. The van der Waals surface area contributed by atoms with E-state index in [4.69, 9.17) is 5.11 Å². The lowest BCUT2D eigenvalue weighted by Crippen LogP contribution is -2.50. The van der Waals surface area contributed by atoms with Crippen LogP contribution in [0.2, 0.25) is 0 Å². The highest BCUT2D eigenvalue weighted by molar-refractivity contribution is 5.80. The van der Waals surface area contributed by atoms with Gasteiger partial charge < -0.3 is 15.7 Å². The van der Waals surface area contributed by atoms with Gasteiger partial charge >= 0.3 is 5.97 Å². The molecule has 108 valence electrons. The maximum absolute atomic E-state index is 12.2.